The number of rotatable bonds is 4. The molecular weight excluding hydrogens is 508 g/mol. The Kier molecular flexibility index (Phi) is 4.93. The van der Waals surface area contributed by atoms with Crippen LogP contribution >= 0.6 is 0 Å². The highest BCUT2D eigenvalue weighted by Crippen LogP contribution is 2.51. The standard InChI is InChI=1S/C40H26N2/c1-4-13-27(14-5-1)41(28-15-6-2-7-16-28)30-23-24-38-35(25-30)37-26-36-32-20-11-10-19-31(32)33-21-12-22-34(39(33)36)40(37)42(38)29-17-8-3-9-18-29/h1-26H. The molecule has 0 fully saturated rings. The molecule has 0 N–H and O–H groups in total. The van der Waals surface area contributed by atoms with Gasteiger partial charge in [0.2, 0.25) is 0 Å². The average Bonchev–Trinajstić information content (AvgIpc) is 3.57. The van der Waals surface area contributed by atoms with E-state index in [4.69, 9.17) is 0 Å². The third-order valence-electron chi connectivity index (χ3n) is 8.68. The van der Waals surface area contributed by atoms with Crippen molar-refractivity contribution in [3.8, 4) is 27.9 Å². The molecule has 196 valence electrons. The van der Waals surface area contributed by atoms with E-state index in [1.54, 1.807) is 0 Å². The number of anilines is 3. The minimum Gasteiger partial charge on any atom is -0.310 e. The molecular formula is C40H26N2. The predicted molar refractivity (Wildman–Crippen MR) is 177 cm³/mol. The minimum atomic E-state index is 1.14. The first-order valence-electron chi connectivity index (χ1n) is 14.5. The molecule has 0 amide bonds. The molecule has 0 aliphatic heterocycles. The van der Waals surface area contributed by atoms with E-state index in [-0.39, 0.29) is 0 Å². The summed E-state index contributed by atoms with van der Waals surface area (Å²) >= 11 is 0. The van der Waals surface area contributed by atoms with Crippen LogP contribution in [0.2, 0.25) is 0 Å². The summed E-state index contributed by atoms with van der Waals surface area (Å²) in [7, 11) is 0. The SMILES string of the molecule is c1ccc(N(c2ccccc2)c2ccc3c(c2)c2cc4c5c(cccc5c2n3-c2ccccc2)-c2ccccc2-4)cc1. The number of para-hydroxylation sites is 3. The topological polar surface area (TPSA) is 8.17 Å². The molecule has 9 rings (SSSR count). The number of hydrogen-bond donors (Lipinski definition) is 0. The number of fused-ring (bicyclic) bond motifs is 7. The van der Waals surface area contributed by atoms with Crippen molar-refractivity contribution in [2.45, 2.75) is 0 Å². The molecule has 0 unspecified atom stereocenters. The Balaban J connectivity index is 1.41. The molecule has 0 atom stereocenters. The maximum atomic E-state index is 2.45. The van der Waals surface area contributed by atoms with E-state index < -0.39 is 0 Å². The summed E-state index contributed by atoms with van der Waals surface area (Å²) in [5.74, 6) is 0. The van der Waals surface area contributed by atoms with Gasteiger partial charge in [0, 0.05) is 38.9 Å². The van der Waals surface area contributed by atoms with Gasteiger partial charge in [-0.25, -0.2) is 0 Å². The maximum absolute atomic E-state index is 2.45. The van der Waals surface area contributed by atoms with Crippen LogP contribution in [0, 0.1) is 0 Å². The van der Waals surface area contributed by atoms with Gasteiger partial charge in [0.15, 0.2) is 0 Å². The zero-order chi connectivity index (χ0) is 27.6. The van der Waals surface area contributed by atoms with Crippen LogP contribution in [0.1, 0.15) is 0 Å². The van der Waals surface area contributed by atoms with Crippen LogP contribution < -0.4 is 4.90 Å². The Bertz CT molecular complexity index is 2240. The Morgan fingerprint density at radius 1 is 0.381 bits per heavy atom. The zero-order valence-corrected chi connectivity index (χ0v) is 22.9. The highest BCUT2D eigenvalue weighted by molar-refractivity contribution is 6.27. The van der Waals surface area contributed by atoms with Crippen molar-refractivity contribution in [1.82, 2.24) is 4.57 Å². The first-order chi connectivity index (χ1) is 20.9. The second-order valence-corrected chi connectivity index (χ2v) is 11.0. The van der Waals surface area contributed by atoms with Gasteiger partial charge >= 0.3 is 0 Å². The molecule has 0 saturated heterocycles. The Labute approximate surface area is 244 Å². The molecule has 8 aromatic rings. The average molecular weight is 535 g/mol. The van der Waals surface area contributed by atoms with Crippen LogP contribution in [0.15, 0.2) is 158 Å². The molecule has 1 aliphatic carbocycles. The largest absolute Gasteiger partial charge is 0.310 e. The number of benzene rings is 7. The lowest BCUT2D eigenvalue weighted by Crippen LogP contribution is -2.09. The summed E-state index contributed by atoms with van der Waals surface area (Å²) < 4.78 is 2.45. The fourth-order valence-corrected chi connectivity index (χ4v) is 6.95. The summed E-state index contributed by atoms with van der Waals surface area (Å²) in [6, 6.07) is 57.0. The first kappa shape index (κ1) is 23.1. The van der Waals surface area contributed by atoms with E-state index in [1.165, 1.54) is 60.5 Å². The number of nitrogens with zero attached hydrogens (tertiary/aromatic N) is 2. The van der Waals surface area contributed by atoms with Crippen LogP contribution in [-0.2, 0) is 0 Å². The van der Waals surface area contributed by atoms with Crippen molar-refractivity contribution < 1.29 is 0 Å². The molecule has 7 aromatic carbocycles. The summed E-state index contributed by atoms with van der Waals surface area (Å²) in [6.07, 6.45) is 0. The molecule has 1 aliphatic rings. The van der Waals surface area contributed by atoms with Crippen molar-refractivity contribution in [1.29, 1.82) is 0 Å². The molecule has 1 aromatic heterocycles. The first-order valence-corrected chi connectivity index (χ1v) is 14.5. The summed E-state index contributed by atoms with van der Waals surface area (Å²) in [6.45, 7) is 0. The smallest absolute Gasteiger partial charge is 0.0620 e. The molecule has 2 nitrogen and oxygen atoms in total. The molecule has 0 bridgehead atoms. The van der Waals surface area contributed by atoms with Crippen molar-refractivity contribution in [3.05, 3.63) is 158 Å². The normalized spacial score (nSPS) is 11.8. The van der Waals surface area contributed by atoms with Gasteiger partial charge in [-0.1, -0.05) is 97.1 Å². The lowest BCUT2D eigenvalue weighted by Gasteiger charge is -2.25. The lowest BCUT2D eigenvalue weighted by atomic mass is 9.99. The highest BCUT2D eigenvalue weighted by Gasteiger charge is 2.26. The van der Waals surface area contributed by atoms with Gasteiger partial charge in [-0.2, -0.15) is 0 Å². The van der Waals surface area contributed by atoms with E-state index in [9.17, 15) is 0 Å². The van der Waals surface area contributed by atoms with E-state index in [1.807, 2.05) is 0 Å². The Morgan fingerprint density at radius 2 is 0.976 bits per heavy atom. The van der Waals surface area contributed by atoms with Gasteiger partial charge < -0.3 is 9.47 Å². The van der Waals surface area contributed by atoms with Crippen molar-refractivity contribution in [3.63, 3.8) is 0 Å². The zero-order valence-electron chi connectivity index (χ0n) is 22.9. The fourth-order valence-electron chi connectivity index (χ4n) is 6.95. The van der Waals surface area contributed by atoms with Gasteiger partial charge in [0.25, 0.3) is 0 Å². The molecule has 42 heavy (non-hydrogen) atoms. The molecule has 0 spiro atoms. The van der Waals surface area contributed by atoms with Crippen LogP contribution in [0.4, 0.5) is 17.1 Å². The van der Waals surface area contributed by atoms with Crippen molar-refractivity contribution in [2.75, 3.05) is 4.90 Å². The second kappa shape index (κ2) is 8.95. The molecule has 2 heteroatoms. The van der Waals surface area contributed by atoms with Gasteiger partial charge in [0.05, 0.1) is 11.0 Å². The summed E-state index contributed by atoms with van der Waals surface area (Å²) in [5, 5.41) is 5.16. The fraction of sp³-hybridized carbons (Fsp3) is 0. The van der Waals surface area contributed by atoms with Crippen LogP contribution in [-0.4, -0.2) is 4.57 Å². The number of hydrogen-bond acceptors (Lipinski definition) is 1. The van der Waals surface area contributed by atoms with Gasteiger partial charge in [-0.05, 0) is 88.3 Å². The third-order valence-corrected chi connectivity index (χ3v) is 8.68. The molecule has 1 heterocycles. The number of aromatic nitrogens is 1. The van der Waals surface area contributed by atoms with E-state index in [0.29, 0.717) is 0 Å². The second-order valence-electron chi connectivity index (χ2n) is 11.0. The summed E-state index contributed by atoms with van der Waals surface area (Å²) in [5.41, 5.74) is 12.3. The minimum absolute atomic E-state index is 1.14. The Hall–Kier alpha value is -5.60. The van der Waals surface area contributed by atoms with Crippen LogP contribution in [0.3, 0.4) is 0 Å². The third kappa shape index (κ3) is 3.27. The predicted octanol–water partition coefficient (Wildman–Crippen LogP) is 11.1. The summed E-state index contributed by atoms with van der Waals surface area (Å²) in [4.78, 5) is 2.35. The van der Waals surface area contributed by atoms with Gasteiger partial charge in [-0.15, -0.1) is 0 Å². The van der Waals surface area contributed by atoms with Crippen LogP contribution in [0.25, 0.3) is 60.5 Å². The molecule has 0 saturated carbocycles. The monoisotopic (exact) mass is 534 g/mol. The van der Waals surface area contributed by atoms with Crippen LogP contribution in [0.5, 0.6) is 0 Å². The quantitative estimate of drug-likeness (QED) is 0.218. The van der Waals surface area contributed by atoms with Crippen molar-refractivity contribution in [2.24, 2.45) is 0 Å². The van der Waals surface area contributed by atoms with Gasteiger partial charge in [-0.3, -0.25) is 0 Å². The van der Waals surface area contributed by atoms with E-state index in [2.05, 4.69) is 167 Å². The maximum Gasteiger partial charge on any atom is 0.0620 e. The Morgan fingerprint density at radius 3 is 1.67 bits per heavy atom. The van der Waals surface area contributed by atoms with Gasteiger partial charge in [0.1, 0.15) is 0 Å². The van der Waals surface area contributed by atoms with E-state index >= 15 is 0 Å². The highest BCUT2D eigenvalue weighted by atomic mass is 15.1. The lowest BCUT2D eigenvalue weighted by molar-refractivity contribution is 1.18. The van der Waals surface area contributed by atoms with E-state index in [0.717, 1.165) is 17.1 Å². The molecule has 0 radical (unpaired) electrons. The van der Waals surface area contributed by atoms with Crippen molar-refractivity contribution >= 4 is 49.6 Å².